The zero-order chi connectivity index (χ0) is 11.4. The monoisotopic (exact) mass is 270 g/mol. The fourth-order valence-electron chi connectivity index (χ4n) is 1.43. The van der Waals surface area contributed by atoms with Gasteiger partial charge in [0.25, 0.3) is 0 Å². The minimum absolute atomic E-state index is 0.201. The van der Waals surface area contributed by atoms with Crippen LogP contribution in [0, 0.1) is 17.1 Å². The molecule has 1 aromatic carbocycles. The van der Waals surface area contributed by atoms with Crippen LogP contribution >= 0.6 is 15.9 Å². The smallest absolute Gasteiger partial charge is 0.128 e. The number of rotatable bonds is 3. The van der Waals surface area contributed by atoms with Crippen LogP contribution in [0.5, 0.6) is 0 Å². The number of nitriles is 1. The van der Waals surface area contributed by atoms with Gasteiger partial charge in [-0.1, -0.05) is 15.9 Å². The number of benzene rings is 1. The highest BCUT2D eigenvalue weighted by Crippen LogP contribution is 2.26. The van der Waals surface area contributed by atoms with E-state index in [-0.39, 0.29) is 18.3 Å². The molecule has 0 aromatic heterocycles. The molecule has 0 saturated heterocycles. The van der Waals surface area contributed by atoms with Crippen LogP contribution in [0.1, 0.15) is 18.0 Å². The van der Waals surface area contributed by atoms with E-state index in [9.17, 15) is 4.39 Å². The second-order valence-electron chi connectivity index (χ2n) is 3.51. The average molecular weight is 271 g/mol. The number of nitrogens with zero attached hydrogens (tertiary/aromatic N) is 2. The van der Waals surface area contributed by atoms with Crippen molar-refractivity contribution in [3.05, 3.63) is 34.1 Å². The molecule has 0 fully saturated rings. The molecule has 1 atom stereocenters. The molecule has 0 aliphatic carbocycles. The van der Waals surface area contributed by atoms with Gasteiger partial charge < -0.3 is 4.90 Å². The molecule has 0 spiro atoms. The lowest BCUT2D eigenvalue weighted by molar-refractivity contribution is 0.296. The topological polar surface area (TPSA) is 27.0 Å². The minimum Gasteiger partial charge on any atom is -0.301 e. The average Bonchev–Trinajstić information content (AvgIpc) is 2.18. The quantitative estimate of drug-likeness (QED) is 0.844. The van der Waals surface area contributed by atoms with Crippen molar-refractivity contribution in [2.75, 3.05) is 14.1 Å². The Morgan fingerprint density at radius 1 is 1.53 bits per heavy atom. The van der Waals surface area contributed by atoms with Crippen molar-refractivity contribution < 1.29 is 4.39 Å². The lowest BCUT2D eigenvalue weighted by atomic mass is 10.0. The first kappa shape index (κ1) is 12.2. The molecular formula is C11H12BrFN2. The molecule has 0 amide bonds. The van der Waals surface area contributed by atoms with Gasteiger partial charge >= 0.3 is 0 Å². The standard InChI is InChI=1S/C11H12BrFN2/c1-15(2)11(5-6-14)9-7-8(12)3-4-10(9)13/h3-4,7,11H,5H2,1-2H3. The van der Waals surface area contributed by atoms with Crippen LogP contribution in [0.3, 0.4) is 0 Å². The van der Waals surface area contributed by atoms with Gasteiger partial charge in [0, 0.05) is 10.0 Å². The zero-order valence-corrected chi connectivity index (χ0v) is 10.3. The predicted octanol–water partition coefficient (Wildman–Crippen LogP) is 3.10. The molecular weight excluding hydrogens is 259 g/mol. The molecule has 1 aromatic rings. The lowest BCUT2D eigenvalue weighted by Crippen LogP contribution is -2.20. The Morgan fingerprint density at radius 3 is 2.73 bits per heavy atom. The van der Waals surface area contributed by atoms with Gasteiger partial charge in [0.1, 0.15) is 5.82 Å². The second kappa shape index (κ2) is 5.24. The van der Waals surface area contributed by atoms with Crippen LogP contribution in [0.15, 0.2) is 22.7 Å². The summed E-state index contributed by atoms with van der Waals surface area (Å²) in [6.45, 7) is 0. The van der Waals surface area contributed by atoms with Crippen molar-refractivity contribution in [1.82, 2.24) is 4.90 Å². The van der Waals surface area contributed by atoms with Crippen molar-refractivity contribution in [2.45, 2.75) is 12.5 Å². The van der Waals surface area contributed by atoms with Crippen LogP contribution in [0.25, 0.3) is 0 Å². The number of hydrogen-bond donors (Lipinski definition) is 0. The molecule has 0 bridgehead atoms. The summed E-state index contributed by atoms with van der Waals surface area (Å²) in [6.07, 6.45) is 0.278. The SMILES string of the molecule is CN(C)C(CC#N)c1cc(Br)ccc1F. The first-order chi connectivity index (χ1) is 7.06. The van der Waals surface area contributed by atoms with Gasteiger partial charge in [-0.2, -0.15) is 5.26 Å². The van der Waals surface area contributed by atoms with Crippen molar-refractivity contribution in [3.8, 4) is 6.07 Å². The maximum atomic E-state index is 13.5. The Morgan fingerprint density at radius 2 is 2.20 bits per heavy atom. The van der Waals surface area contributed by atoms with E-state index in [4.69, 9.17) is 5.26 Å². The minimum atomic E-state index is -0.271. The third kappa shape index (κ3) is 3.01. The molecule has 0 saturated carbocycles. The molecule has 0 heterocycles. The first-order valence-electron chi connectivity index (χ1n) is 4.54. The van der Waals surface area contributed by atoms with Crippen LogP contribution in [-0.2, 0) is 0 Å². The van der Waals surface area contributed by atoms with Gasteiger partial charge in [0.2, 0.25) is 0 Å². The van der Waals surface area contributed by atoms with Crippen molar-refractivity contribution >= 4 is 15.9 Å². The molecule has 4 heteroatoms. The Kier molecular flexibility index (Phi) is 4.25. The van der Waals surface area contributed by atoms with E-state index in [0.717, 1.165) is 4.47 Å². The Balaban J connectivity index is 3.11. The van der Waals surface area contributed by atoms with Crippen molar-refractivity contribution in [3.63, 3.8) is 0 Å². The summed E-state index contributed by atoms with van der Waals surface area (Å²) in [5.74, 6) is -0.271. The van der Waals surface area contributed by atoms with Crippen LogP contribution in [-0.4, -0.2) is 19.0 Å². The molecule has 0 aliphatic heterocycles. The van der Waals surface area contributed by atoms with Crippen molar-refractivity contribution in [1.29, 1.82) is 5.26 Å². The molecule has 0 aliphatic rings. The maximum Gasteiger partial charge on any atom is 0.128 e. The second-order valence-corrected chi connectivity index (χ2v) is 4.42. The summed E-state index contributed by atoms with van der Waals surface area (Å²) in [7, 11) is 3.67. The fraction of sp³-hybridized carbons (Fsp3) is 0.364. The Labute approximate surface area is 97.4 Å². The molecule has 0 radical (unpaired) electrons. The van der Waals surface area contributed by atoms with E-state index in [2.05, 4.69) is 22.0 Å². The Hall–Kier alpha value is -0.920. The maximum absolute atomic E-state index is 13.5. The predicted molar refractivity (Wildman–Crippen MR) is 60.8 cm³/mol. The van der Waals surface area contributed by atoms with E-state index >= 15 is 0 Å². The fourth-order valence-corrected chi connectivity index (χ4v) is 1.81. The normalized spacial score (nSPS) is 12.5. The number of halogens is 2. The van der Waals surface area contributed by atoms with Crippen LogP contribution < -0.4 is 0 Å². The van der Waals surface area contributed by atoms with Gasteiger partial charge in [-0.05, 0) is 32.3 Å². The third-order valence-electron chi connectivity index (χ3n) is 2.23. The van der Waals surface area contributed by atoms with Crippen LogP contribution in [0.2, 0.25) is 0 Å². The molecule has 0 N–H and O–H groups in total. The summed E-state index contributed by atoms with van der Waals surface area (Å²) in [4.78, 5) is 1.84. The van der Waals surface area contributed by atoms with Gasteiger partial charge in [0.05, 0.1) is 18.5 Å². The van der Waals surface area contributed by atoms with E-state index in [0.29, 0.717) is 5.56 Å². The molecule has 80 valence electrons. The van der Waals surface area contributed by atoms with Gasteiger partial charge in [-0.15, -0.1) is 0 Å². The highest BCUT2D eigenvalue weighted by Gasteiger charge is 2.17. The van der Waals surface area contributed by atoms with Crippen LogP contribution in [0.4, 0.5) is 4.39 Å². The van der Waals surface area contributed by atoms with E-state index < -0.39 is 0 Å². The van der Waals surface area contributed by atoms with Crippen molar-refractivity contribution in [2.24, 2.45) is 0 Å². The summed E-state index contributed by atoms with van der Waals surface area (Å²) in [5, 5.41) is 8.70. The third-order valence-corrected chi connectivity index (χ3v) is 2.72. The summed E-state index contributed by atoms with van der Waals surface area (Å²) in [5.41, 5.74) is 0.552. The molecule has 1 rings (SSSR count). The van der Waals surface area contributed by atoms with E-state index in [1.807, 2.05) is 19.0 Å². The highest BCUT2D eigenvalue weighted by atomic mass is 79.9. The summed E-state index contributed by atoms with van der Waals surface area (Å²) in [6, 6.07) is 6.65. The summed E-state index contributed by atoms with van der Waals surface area (Å²) >= 11 is 3.30. The highest BCUT2D eigenvalue weighted by molar-refractivity contribution is 9.10. The van der Waals surface area contributed by atoms with Gasteiger partial charge in [-0.25, -0.2) is 4.39 Å². The Bertz CT molecular complexity index is 385. The lowest BCUT2D eigenvalue weighted by Gasteiger charge is -2.22. The molecule has 2 nitrogen and oxygen atoms in total. The van der Waals surface area contributed by atoms with E-state index in [1.54, 1.807) is 12.1 Å². The van der Waals surface area contributed by atoms with Gasteiger partial charge in [-0.3, -0.25) is 0 Å². The van der Waals surface area contributed by atoms with Gasteiger partial charge in [0.15, 0.2) is 0 Å². The largest absolute Gasteiger partial charge is 0.301 e. The molecule has 15 heavy (non-hydrogen) atoms. The molecule has 1 unspecified atom stereocenters. The summed E-state index contributed by atoms with van der Waals surface area (Å²) < 4.78 is 14.4. The first-order valence-corrected chi connectivity index (χ1v) is 5.34. The number of hydrogen-bond acceptors (Lipinski definition) is 2. The zero-order valence-electron chi connectivity index (χ0n) is 8.67. The van der Waals surface area contributed by atoms with E-state index in [1.165, 1.54) is 6.07 Å².